The number of hydrogen-bond acceptors (Lipinski definition) is 5. The summed E-state index contributed by atoms with van der Waals surface area (Å²) in [4.78, 5) is 12.8. The molecule has 0 spiro atoms. The second-order valence-corrected chi connectivity index (χ2v) is 9.99. The lowest BCUT2D eigenvalue weighted by molar-refractivity contribution is -0.126. The molecule has 2 aromatic carbocycles. The van der Waals surface area contributed by atoms with E-state index in [0.717, 1.165) is 11.1 Å². The molecule has 1 atom stereocenters. The molecule has 0 aliphatic carbocycles. The van der Waals surface area contributed by atoms with Crippen LogP contribution in [0, 0.1) is 12.8 Å². The highest BCUT2D eigenvalue weighted by Crippen LogP contribution is 2.29. The zero-order valence-corrected chi connectivity index (χ0v) is 19.3. The molecule has 33 heavy (non-hydrogen) atoms. The Labute approximate surface area is 194 Å². The van der Waals surface area contributed by atoms with Gasteiger partial charge in [-0.2, -0.15) is 4.31 Å². The van der Waals surface area contributed by atoms with Crippen LogP contribution in [0.4, 0.5) is 0 Å². The number of carbonyl (C=O) groups is 1. The van der Waals surface area contributed by atoms with Crippen molar-refractivity contribution in [1.29, 1.82) is 0 Å². The van der Waals surface area contributed by atoms with Crippen LogP contribution in [-0.4, -0.2) is 36.9 Å². The molecular weight excluding hydrogens is 438 g/mol. The SMILES string of the molecule is Cc1noc(/C=C/c2ccccc2)c1S(=O)(=O)N1CCC[C@@H](C(=O)NCc2ccccc2)C1. The van der Waals surface area contributed by atoms with Crippen molar-refractivity contribution < 1.29 is 17.7 Å². The first kappa shape index (κ1) is 22.9. The van der Waals surface area contributed by atoms with Crippen molar-refractivity contribution >= 4 is 28.1 Å². The molecule has 0 unspecified atom stereocenters. The minimum absolute atomic E-state index is 0.0556. The molecule has 1 aliphatic rings. The molecule has 3 aromatic rings. The largest absolute Gasteiger partial charge is 0.355 e. The smallest absolute Gasteiger partial charge is 0.248 e. The van der Waals surface area contributed by atoms with Crippen molar-refractivity contribution in [1.82, 2.24) is 14.8 Å². The maximum atomic E-state index is 13.5. The lowest BCUT2D eigenvalue weighted by Gasteiger charge is -2.31. The Bertz CT molecular complexity index is 1220. The van der Waals surface area contributed by atoms with Crippen LogP contribution in [0.1, 0.15) is 35.4 Å². The zero-order chi connectivity index (χ0) is 23.3. The number of aryl methyl sites for hydroxylation is 1. The molecule has 2 heterocycles. The van der Waals surface area contributed by atoms with Crippen LogP contribution in [0.2, 0.25) is 0 Å². The standard InChI is InChI=1S/C25H27N3O4S/c1-19-24(23(32-27-19)15-14-20-9-4-2-5-10-20)33(30,31)28-16-8-13-22(18-28)25(29)26-17-21-11-6-3-7-12-21/h2-7,9-12,14-15,22H,8,13,16-18H2,1H3,(H,26,29)/b15-14+/t22-/m1/s1. The average molecular weight is 466 g/mol. The number of nitrogens with zero attached hydrogens (tertiary/aromatic N) is 2. The van der Waals surface area contributed by atoms with Crippen molar-refractivity contribution in [3.63, 3.8) is 0 Å². The molecule has 1 N–H and O–H groups in total. The molecular formula is C25H27N3O4S. The lowest BCUT2D eigenvalue weighted by atomic mass is 9.99. The first-order chi connectivity index (χ1) is 15.9. The molecule has 0 saturated carbocycles. The van der Waals surface area contributed by atoms with E-state index >= 15 is 0 Å². The van der Waals surface area contributed by atoms with E-state index in [1.54, 1.807) is 19.1 Å². The van der Waals surface area contributed by atoms with Crippen molar-refractivity contribution in [2.75, 3.05) is 13.1 Å². The summed E-state index contributed by atoms with van der Waals surface area (Å²) in [7, 11) is -3.87. The monoisotopic (exact) mass is 465 g/mol. The highest BCUT2D eigenvalue weighted by Gasteiger charge is 2.36. The maximum absolute atomic E-state index is 13.5. The van der Waals surface area contributed by atoms with Crippen molar-refractivity contribution in [2.45, 2.75) is 31.2 Å². The fraction of sp³-hybridized carbons (Fsp3) is 0.280. The van der Waals surface area contributed by atoms with Gasteiger partial charge >= 0.3 is 0 Å². The summed E-state index contributed by atoms with van der Waals surface area (Å²) in [6, 6.07) is 19.2. The van der Waals surface area contributed by atoms with Gasteiger partial charge in [0.25, 0.3) is 0 Å². The van der Waals surface area contributed by atoms with Gasteiger partial charge in [0.1, 0.15) is 5.69 Å². The van der Waals surface area contributed by atoms with E-state index in [9.17, 15) is 13.2 Å². The van der Waals surface area contributed by atoms with Crippen LogP contribution < -0.4 is 5.32 Å². The molecule has 0 radical (unpaired) electrons. The van der Waals surface area contributed by atoms with Gasteiger partial charge in [0, 0.05) is 19.6 Å². The van der Waals surface area contributed by atoms with Crippen LogP contribution in [0.3, 0.4) is 0 Å². The van der Waals surface area contributed by atoms with Gasteiger partial charge in [0.05, 0.1) is 5.92 Å². The predicted molar refractivity (Wildman–Crippen MR) is 126 cm³/mol. The number of aromatic nitrogens is 1. The van der Waals surface area contributed by atoms with E-state index in [4.69, 9.17) is 4.52 Å². The summed E-state index contributed by atoms with van der Waals surface area (Å²) < 4.78 is 33.7. The number of hydrogen-bond donors (Lipinski definition) is 1. The van der Waals surface area contributed by atoms with Crippen LogP contribution in [0.15, 0.2) is 70.1 Å². The first-order valence-electron chi connectivity index (χ1n) is 11.0. The van der Waals surface area contributed by atoms with E-state index in [2.05, 4.69) is 10.5 Å². The maximum Gasteiger partial charge on any atom is 0.248 e. The highest BCUT2D eigenvalue weighted by atomic mass is 32.2. The fourth-order valence-corrected chi connectivity index (χ4v) is 5.74. The van der Waals surface area contributed by atoms with E-state index in [1.807, 2.05) is 60.7 Å². The van der Waals surface area contributed by atoms with Gasteiger partial charge < -0.3 is 9.84 Å². The van der Waals surface area contributed by atoms with Gasteiger partial charge in [-0.05, 0) is 37.0 Å². The molecule has 1 fully saturated rings. The number of nitrogens with one attached hydrogen (secondary N) is 1. The molecule has 1 saturated heterocycles. The Morgan fingerprint density at radius 2 is 1.82 bits per heavy atom. The van der Waals surface area contributed by atoms with Crippen LogP contribution >= 0.6 is 0 Å². The average Bonchev–Trinajstić information content (AvgIpc) is 3.23. The number of benzene rings is 2. The Balaban J connectivity index is 1.48. The number of sulfonamides is 1. The van der Waals surface area contributed by atoms with Crippen molar-refractivity contribution in [3.8, 4) is 0 Å². The minimum atomic E-state index is -3.87. The van der Waals surface area contributed by atoms with Crippen LogP contribution in [-0.2, 0) is 21.4 Å². The van der Waals surface area contributed by atoms with Gasteiger partial charge in [-0.1, -0.05) is 71.9 Å². The summed E-state index contributed by atoms with van der Waals surface area (Å²) in [5.41, 5.74) is 2.22. The molecule has 7 nitrogen and oxygen atoms in total. The van der Waals surface area contributed by atoms with Gasteiger partial charge in [0.2, 0.25) is 15.9 Å². The Morgan fingerprint density at radius 1 is 1.12 bits per heavy atom. The fourth-order valence-electron chi connectivity index (χ4n) is 3.97. The van der Waals surface area contributed by atoms with Crippen LogP contribution in [0.5, 0.6) is 0 Å². The summed E-state index contributed by atoms with van der Waals surface area (Å²) >= 11 is 0. The predicted octanol–water partition coefficient (Wildman–Crippen LogP) is 3.87. The second kappa shape index (κ2) is 10.1. The van der Waals surface area contributed by atoms with Crippen molar-refractivity contribution in [2.24, 2.45) is 5.92 Å². The number of rotatable bonds is 7. The molecule has 1 amide bonds. The first-order valence-corrected chi connectivity index (χ1v) is 12.4. The highest BCUT2D eigenvalue weighted by molar-refractivity contribution is 7.89. The number of piperidine rings is 1. The topological polar surface area (TPSA) is 92.5 Å². The number of amides is 1. The third-order valence-electron chi connectivity index (χ3n) is 5.72. The van der Waals surface area contributed by atoms with Crippen LogP contribution in [0.25, 0.3) is 12.2 Å². The summed E-state index contributed by atoms with van der Waals surface area (Å²) in [5.74, 6) is -0.349. The van der Waals surface area contributed by atoms with E-state index in [0.29, 0.717) is 31.6 Å². The summed E-state index contributed by atoms with van der Waals surface area (Å²) in [5, 5.41) is 6.83. The van der Waals surface area contributed by atoms with Gasteiger partial charge in [-0.15, -0.1) is 0 Å². The van der Waals surface area contributed by atoms with E-state index < -0.39 is 15.9 Å². The minimum Gasteiger partial charge on any atom is -0.355 e. The van der Waals surface area contributed by atoms with Gasteiger partial charge in [-0.3, -0.25) is 4.79 Å². The summed E-state index contributed by atoms with van der Waals surface area (Å²) in [6.45, 7) is 2.53. The molecule has 1 aliphatic heterocycles. The Hall–Kier alpha value is -3.23. The zero-order valence-electron chi connectivity index (χ0n) is 18.5. The van der Waals surface area contributed by atoms with E-state index in [-0.39, 0.29) is 23.1 Å². The quantitative estimate of drug-likeness (QED) is 0.572. The Kier molecular flexibility index (Phi) is 7.05. The normalized spacial score (nSPS) is 17.3. The number of carbonyl (C=O) groups excluding carboxylic acids is 1. The molecule has 1 aromatic heterocycles. The molecule has 4 rings (SSSR count). The van der Waals surface area contributed by atoms with E-state index in [1.165, 1.54) is 4.31 Å². The summed E-state index contributed by atoms with van der Waals surface area (Å²) in [6.07, 6.45) is 4.67. The Morgan fingerprint density at radius 3 is 2.55 bits per heavy atom. The third kappa shape index (κ3) is 5.40. The van der Waals surface area contributed by atoms with Gasteiger partial charge in [-0.25, -0.2) is 8.42 Å². The second-order valence-electron chi connectivity index (χ2n) is 8.11. The van der Waals surface area contributed by atoms with Gasteiger partial charge in [0.15, 0.2) is 10.7 Å². The molecule has 8 heteroatoms. The third-order valence-corrected chi connectivity index (χ3v) is 7.75. The lowest BCUT2D eigenvalue weighted by Crippen LogP contribution is -2.45. The molecule has 0 bridgehead atoms. The molecule has 172 valence electrons. The van der Waals surface area contributed by atoms with Crippen molar-refractivity contribution in [3.05, 3.63) is 83.2 Å².